The Morgan fingerprint density at radius 3 is 2.50 bits per heavy atom. The van der Waals surface area contributed by atoms with Gasteiger partial charge in [0.2, 0.25) is 0 Å². The normalized spacial score (nSPS) is 13.3. The fraction of sp³-hybridized carbons (Fsp3) is 0.417. The van der Waals surface area contributed by atoms with E-state index >= 15 is 0 Å². The number of fused-ring (bicyclic) bond motifs is 1. The maximum atomic E-state index is 11.6. The molecule has 1 aromatic rings. The Labute approximate surface area is 105 Å². The van der Waals surface area contributed by atoms with Crippen molar-refractivity contribution < 1.29 is 14.3 Å². The molecule has 0 aliphatic carbocycles. The molecule has 4 N–H and O–H groups in total. The fourth-order valence-electron chi connectivity index (χ4n) is 1.63. The average Bonchev–Trinajstić information content (AvgIpc) is 2.29. The Kier molecular flexibility index (Phi) is 3.45. The van der Waals surface area contributed by atoms with E-state index in [1.54, 1.807) is 12.1 Å². The third-order valence-corrected chi connectivity index (χ3v) is 2.38. The maximum Gasteiger partial charge on any atom is 0.319 e. The molecular formula is C12H17N3O3. The highest BCUT2D eigenvalue weighted by Gasteiger charge is 2.15. The van der Waals surface area contributed by atoms with Gasteiger partial charge in [-0.2, -0.15) is 0 Å². The van der Waals surface area contributed by atoms with Gasteiger partial charge in [0.1, 0.15) is 13.2 Å². The number of rotatable bonds is 2. The molecule has 6 heteroatoms. The van der Waals surface area contributed by atoms with E-state index in [1.807, 2.05) is 13.8 Å². The van der Waals surface area contributed by atoms with Gasteiger partial charge in [-0.05, 0) is 13.8 Å². The summed E-state index contributed by atoms with van der Waals surface area (Å²) in [5.41, 5.74) is 6.80. The van der Waals surface area contributed by atoms with Gasteiger partial charge in [-0.3, -0.25) is 0 Å². The molecule has 0 radical (unpaired) electrons. The zero-order chi connectivity index (χ0) is 13.1. The zero-order valence-corrected chi connectivity index (χ0v) is 10.4. The number of anilines is 2. The lowest BCUT2D eigenvalue weighted by Crippen LogP contribution is -2.34. The first-order valence-corrected chi connectivity index (χ1v) is 5.83. The van der Waals surface area contributed by atoms with E-state index in [0.717, 1.165) is 0 Å². The first kappa shape index (κ1) is 12.3. The first-order valence-electron chi connectivity index (χ1n) is 5.83. The van der Waals surface area contributed by atoms with Gasteiger partial charge < -0.3 is 25.8 Å². The van der Waals surface area contributed by atoms with E-state index in [9.17, 15) is 4.79 Å². The van der Waals surface area contributed by atoms with Gasteiger partial charge in [-0.15, -0.1) is 0 Å². The molecule has 0 spiro atoms. The summed E-state index contributed by atoms with van der Waals surface area (Å²) in [5, 5.41) is 5.40. The van der Waals surface area contributed by atoms with Crippen LogP contribution in [0.15, 0.2) is 12.1 Å². The number of hydrogen-bond acceptors (Lipinski definition) is 4. The Morgan fingerprint density at radius 2 is 1.89 bits per heavy atom. The highest BCUT2D eigenvalue weighted by atomic mass is 16.6. The summed E-state index contributed by atoms with van der Waals surface area (Å²) in [5.74, 6) is 1.20. The van der Waals surface area contributed by atoms with Gasteiger partial charge in [0.15, 0.2) is 11.5 Å². The number of hydrogen-bond donors (Lipinski definition) is 3. The topological polar surface area (TPSA) is 85.6 Å². The van der Waals surface area contributed by atoms with Crippen molar-refractivity contribution in [3.63, 3.8) is 0 Å². The van der Waals surface area contributed by atoms with Gasteiger partial charge in [0.25, 0.3) is 0 Å². The van der Waals surface area contributed by atoms with E-state index in [1.165, 1.54) is 0 Å². The van der Waals surface area contributed by atoms with Crippen LogP contribution < -0.4 is 25.8 Å². The molecular weight excluding hydrogens is 234 g/mol. The Bertz CT molecular complexity index is 460. The smallest absolute Gasteiger partial charge is 0.319 e. The van der Waals surface area contributed by atoms with Crippen molar-refractivity contribution in [3.05, 3.63) is 12.1 Å². The van der Waals surface area contributed by atoms with Crippen LogP contribution in [0.25, 0.3) is 0 Å². The average molecular weight is 251 g/mol. The SMILES string of the molecule is CC(C)NC(=O)Nc1cc2c(cc1N)OCCO2. The number of nitrogens with two attached hydrogens (primary N) is 1. The Hall–Kier alpha value is -2.11. The van der Waals surface area contributed by atoms with Crippen molar-refractivity contribution in [2.75, 3.05) is 24.3 Å². The van der Waals surface area contributed by atoms with Gasteiger partial charge in [-0.1, -0.05) is 0 Å². The number of carbonyl (C=O) groups excluding carboxylic acids is 1. The highest BCUT2D eigenvalue weighted by Crippen LogP contribution is 2.36. The van der Waals surface area contributed by atoms with Gasteiger partial charge in [-0.25, -0.2) is 4.79 Å². The fourth-order valence-corrected chi connectivity index (χ4v) is 1.63. The van der Waals surface area contributed by atoms with Crippen LogP contribution in [0.4, 0.5) is 16.2 Å². The number of urea groups is 1. The third-order valence-electron chi connectivity index (χ3n) is 2.38. The van der Waals surface area contributed by atoms with Crippen LogP contribution in [-0.4, -0.2) is 25.3 Å². The number of carbonyl (C=O) groups is 1. The van der Waals surface area contributed by atoms with Crippen molar-refractivity contribution in [3.8, 4) is 11.5 Å². The predicted octanol–water partition coefficient (Wildman–Crippen LogP) is 1.57. The number of nitrogens with one attached hydrogen (secondary N) is 2. The lowest BCUT2D eigenvalue weighted by atomic mass is 10.2. The number of benzene rings is 1. The molecule has 18 heavy (non-hydrogen) atoms. The van der Waals surface area contributed by atoms with E-state index in [2.05, 4.69) is 10.6 Å². The molecule has 1 aromatic carbocycles. The molecule has 1 aliphatic rings. The molecule has 98 valence electrons. The quantitative estimate of drug-likeness (QED) is 0.696. The Balaban J connectivity index is 2.15. The third kappa shape index (κ3) is 2.77. The standard InChI is InChI=1S/C12H17N3O3/c1-7(2)14-12(16)15-9-6-11-10(5-8(9)13)17-3-4-18-11/h5-7H,3-4,13H2,1-2H3,(H2,14,15,16). The van der Waals surface area contributed by atoms with Crippen molar-refractivity contribution in [2.24, 2.45) is 0 Å². The molecule has 0 bridgehead atoms. The summed E-state index contributed by atoms with van der Waals surface area (Å²) in [7, 11) is 0. The molecule has 0 saturated heterocycles. The second kappa shape index (κ2) is 5.03. The minimum Gasteiger partial charge on any atom is -0.486 e. The summed E-state index contributed by atoms with van der Waals surface area (Å²) in [6, 6.07) is 3.08. The molecule has 1 aliphatic heterocycles. The summed E-state index contributed by atoms with van der Waals surface area (Å²) in [6.45, 7) is 4.76. The molecule has 1 heterocycles. The maximum absolute atomic E-state index is 11.6. The van der Waals surface area contributed by atoms with Gasteiger partial charge in [0.05, 0.1) is 11.4 Å². The van der Waals surface area contributed by atoms with Crippen LogP contribution in [0.3, 0.4) is 0 Å². The van der Waals surface area contributed by atoms with Gasteiger partial charge in [0, 0.05) is 18.2 Å². The molecule has 6 nitrogen and oxygen atoms in total. The summed E-state index contributed by atoms with van der Waals surface area (Å²) in [4.78, 5) is 11.6. The number of amides is 2. The molecule has 0 atom stereocenters. The summed E-state index contributed by atoms with van der Waals surface area (Å²) < 4.78 is 10.8. The minimum absolute atomic E-state index is 0.0587. The molecule has 2 rings (SSSR count). The van der Waals surface area contributed by atoms with E-state index < -0.39 is 0 Å². The molecule has 0 fully saturated rings. The van der Waals surface area contributed by atoms with Crippen LogP contribution in [0, 0.1) is 0 Å². The van der Waals surface area contributed by atoms with Crippen molar-refractivity contribution >= 4 is 17.4 Å². The second-order valence-electron chi connectivity index (χ2n) is 4.34. The molecule has 2 amide bonds. The molecule has 0 unspecified atom stereocenters. The van der Waals surface area contributed by atoms with Crippen molar-refractivity contribution in [2.45, 2.75) is 19.9 Å². The highest BCUT2D eigenvalue weighted by molar-refractivity contribution is 5.93. The zero-order valence-electron chi connectivity index (χ0n) is 10.4. The lowest BCUT2D eigenvalue weighted by molar-refractivity contribution is 0.172. The van der Waals surface area contributed by atoms with Crippen LogP contribution in [0.5, 0.6) is 11.5 Å². The molecule has 0 saturated carbocycles. The lowest BCUT2D eigenvalue weighted by Gasteiger charge is -2.20. The molecule has 0 aromatic heterocycles. The first-order chi connectivity index (χ1) is 8.56. The van der Waals surface area contributed by atoms with Crippen molar-refractivity contribution in [1.29, 1.82) is 0 Å². The monoisotopic (exact) mass is 251 g/mol. The van der Waals surface area contributed by atoms with Crippen LogP contribution >= 0.6 is 0 Å². The van der Waals surface area contributed by atoms with Crippen LogP contribution in [0.1, 0.15) is 13.8 Å². The Morgan fingerprint density at radius 1 is 1.28 bits per heavy atom. The number of nitrogen functional groups attached to an aromatic ring is 1. The van der Waals surface area contributed by atoms with E-state index in [-0.39, 0.29) is 12.1 Å². The number of ether oxygens (including phenoxy) is 2. The second-order valence-corrected chi connectivity index (χ2v) is 4.34. The summed E-state index contributed by atoms with van der Waals surface area (Å²) >= 11 is 0. The van der Waals surface area contributed by atoms with Crippen LogP contribution in [-0.2, 0) is 0 Å². The predicted molar refractivity (Wildman–Crippen MR) is 69.1 cm³/mol. The van der Waals surface area contributed by atoms with Crippen LogP contribution in [0.2, 0.25) is 0 Å². The van der Waals surface area contributed by atoms with Gasteiger partial charge >= 0.3 is 6.03 Å². The minimum atomic E-state index is -0.298. The van der Waals surface area contributed by atoms with E-state index in [0.29, 0.717) is 36.1 Å². The summed E-state index contributed by atoms with van der Waals surface area (Å²) in [6.07, 6.45) is 0. The largest absolute Gasteiger partial charge is 0.486 e. The van der Waals surface area contributed by atoms with E-state index in [4.69, 9.17) is 15.2 Å². The van der Waals surface area contributed by atoms with Crippen molar-refractivity contribution in [1.82, 2.24) is 5.32 Å².